The van der Waals surface area contributed by atoms with Crippen LogP contribution in [0.5, 0.6) is 0 Å². The molecule has 0 unspecified atom stereocenters. The van der Waals surface area contributed by atoms with E-state index in [1.54, 1.807) is 17.8 Å². The van der Waals surface area contributed by atoms with Gasteiger partial charge in [0.2, 0.25) is 0 Å². The van der Waals surface area contributed by atoms with E-state index in [-0.39, 0.29) is 69.4 Å². The second-order valence-corrected chi connectivity index (χ2v) is 17.4. The van der Waals surface area contributed by atoms with Crippen molar-refractivity contribution < 1.29 is 28.6 Å². The summed E-state index contributed by atoms with van der Waals surface area (Å²) in [7, 11) is 4.01. The predicted octanol–water partition coefficient (Wildman–Crippen LogP) is 9.63. The number of hydrogen-bond acceptors (Lipinski definition) is 12. The Labute approximate surface area is 419 Å². The molecule has 0 saturated carbocycles. The van der Waals surface area contributed by atoms with Crippen LogP contribution in [0.3, 0.4) is 0 Å². The molecule has 15 nitrogen and oxygen atoms in total. The van der Waals surface area contributed by atoms with Crippen molar-refractivity contribution in [2.75, 3.05) is 79.7 Å². The van der Waals surface area contributed by atoms with Crippen LogP contribution in [0.4, 0.5) is 9.59 Å². The van der Waals surface area contributed by atoms with Crippen LogP contribution in [-0.2, 0) is 32.2 Å². The summed E-state index contributed by atoms with van der Waals surface area (Å²) in [5.74, 6) is -0.681. The van der Waals surface area contributed by atoms with E-state index in [9.17, 15) is 14.4 Å². The first kappa shape index (κ1) is 69.7. The summed E-state index contributed by atoms with van der Waals surface area (Å²) in [5.41, 5.74) is 10.2. The van der Waals surface area contributed by atoms with Crippen LogP contribution >= 0.6 is 49.6 Å². The van der Waals surface area contributed by atoms with E-state index in [0.29, 0.717) is 31.9 Å². The van der Waals surface area contributed by atoms with Gasteiger partial charge < -0.3 is 46.1 Å². The fraction of sp³-hybridized carbons (Fsp3) is 0.891. The van der Waals surface area contributed by atoms with Gasteiger partial charge in [-0.1, -0.05) is 134 Å². The van der Waals surface area contributed by atoms with Crippen molar-refractivity contribution in [3.05, 3.63) is 11.9 Å². The maximum absolute atomic E-state index is 13.5. The normalized spacial score (nSPS) is 11.0. The maximum atomic E-state index is 13.5. The Bertz CT molecular complexity index is 1190. The third-order valence-corrected chi connectivity index (χ3v) is 11.2. The molecule has 0 spiro atoms. The Hall–Kier alpha value is -1.85. The zero-order valence-electron chi connectivity index (χ0n) is 41.0. The lowest BCUT2D eigenvalue weighted by Crippen LogP contribution is -2.43. The van der Waals surface area contributed by atoms with E-state index in [1.807, 2.05) is 14.1 Å². The zero-order chi connectivity index (χ0) is 44.7. The van der Waals surface area contributed by atoms with Crippen LogP contribution in [0.15, 0.2) is 6.20 Å². The number of nitrogens with two attached hydrogens (primary N) is 2. The molecular formula is C46H95Cl4N9O6. The number of halogens is 4. The highest BCUT2D eigenvalue weighted by molar-refractivity contribution is 5.86. The topological polar surface area (TPSA) is 192 Å². The van der Waals surface area contributed by atoms with Crippen molar-refractivity contribution in [1.82, 2.24) is 35.4 Å². The van der Waals surface area contributed by atoms with Gasteiger partial charge >= 0.3 is 18.2 Å². The number of aromatic nitrogens is 3. The molecule has 0 saturated heterocycles. The molecule has 0 aliphatic rings. The van der Waals surface area contributed by atoms with Gasteiger partial charge in [0.15, 0.2) is 0 Å². The Morgan fingerprint density at radius 1 is 0.585 bits per heavy atom. The molecule has 0 atom stereocenters. The molecule has 1 heterocycles. The van der Waals surface area contributed by atoms with Crippen molar-refractivity contribution in [3.8, 4) is 0 Å². The van der Waals surface area contributed by atoms with Gasteiger partial charge in [-0.25, -0.2) is 9.59 Å². The fourth-order valence-electron chi connectivity index (χ4n) is 7.09. The highest BCUT2D eigenvalue weighted by Crippen LogP contribution is 2.22. The SMILES string of the molecule is CCCCCCCCCCCCCCCCCCCCCCn1cc(COC(=O)C(C)(COC(=O)NCCCN(C)CCCN)COC(=O)NCCCN(C)CCCN)nn1.Cl.Cl.Cl.Cl. The number of unbranched alkanes of at least 4 members (excludes halogenated alkanes) is 19. The molecular weight excluding hydrogens is 916 g/mol. The molecule has 0 aliphatic carbocycles. The number of carbonyl (C=O) groups excluding carboxylic acids is 3. The number of ether oxygens (including phenoxy) is 3. The number of aryl methyl sites for hydroxylation is 1. The van der Waals surface area contributed by atoms with Gasteiger partial charge in [0, 0.05) is 19.6 Å². The van der Waals surface area contributed by atoms with Crippen LogP contribution in [0.2, 0.25) is 0 Å². The van der Waals surface area contributed by atoms with Crippen molar-refractivity contribution in [2.24, 2.45) is 16.9 Å². The van der Waals surface area contributed by atoms with E-state index in [4.69, 9.17) is 25.7 Å². The van der Waals surface area contributed by atoms with Crippen LogP contribution in [0, 0.1) is 5.41 Å². The molecule has 65 heavy (non-hydrogen) atoms. The summed E-state index contributed by atoms with van der Waals surface area (Å²) in [6.07, 6.45) is 30.7. The quantitative estimate of drug-likeness (QED) is 0.0276. The van der Waals surface area contributed by atoms with Gasteiger partial charge in [-0.15, -0.1) is 54.7 Å². The molecule has 0 radical (unpaired) electrons. The maximum Gasteiger partial charge on any atom is 0.407 e. The van der Waals surface area contributed by atoms with Gasteiger partial charge in [-0.2, -0.15) is 0 Å². The van der Waals surface area contributed by atoms with Crippen molar-refractivity contribution in [2.45, 2.75) is 181 Å². The highest BCUT2D eigenvalue weighted by Gasteiger charge is 2.39. The van der Waals surface area contributed by atoms with Gasteiger partial charge in [0.25, 0.3) is 0 Å². The Morgan fingerprint density at radius 3 is 1.34 bits per heavy atom. The minimum Gasteiger partial charge on any atom is -0.458 e. The molecule has 6 N–H and O–H groups in total. The lowest BCUT2D eigenvalue weighted by molar-refractivity contribution is -0.161. The monoisotopic (exact) mass is 1010 g/mol. The van der Waals surface area contributed by atoms with Crippen molar-refractivity contribution >= 4 is 67.8 Å². The molecule has 2 amide bonds. The first-order valence-corrected chi connectivity index (χ1v) is 24.3. The van der Waals surface area contributed by atoms with Gasteiger partial charge in [0.05, 0.1) is 6.20 Å². The average molecular weight is 1010 g/mol. The predicted molar refractivity (Wildman–Crippen MR) is 275 cm³/mol. The molecule has 0 aromatic carbocycles. The Kier molecular flexibility index (Phi) is 52.1. The molecule has 0 fully saturated rings. The van der Waals surface area contributed by atoms with E-state index < -0.39 is 23.6 Å². The molecule has 1 rings (SSSR count). The number of nitrogens with zero attached hydrogens (tertiary/aromatic N) is 5. The van der Waals surface area contributed by atoms with Gasteiger partial charge in [-0.05, 0) is 92.4 Å². The molecule has 1 aromatic heterocycles. The smallest absolute Gasteiger partial charge is 0.407 e. The average Bonchev–Trinajstić information content (AvgIpc) is 3.72. The van der Waals surface area contributed by atoms with E-state index in [2.05, 4.69) is 37.7 Å². The van der Waals surface area contributed by atoms with E-state index in [0.717, 1.165) is 71.2 Å². The van der Waals surface area contributed by atoms with Crippen LogP contribution in [0.1, 0.15) is 174 Å². The van der Waals surface area contributed by atoms with Crippen molar-refractivity contribution in [3.63, 3.8) is 0 Å². The summed E-state index contributed by atoms with van der Waals surface area (Å²) in [5, 5.41) is 13.9. The van der Waals surface area contributed by atoms with Crippen molar-refractivity contribution in [1.29, 1.82) is 0 Å². The third-order valence-electron chi connectivity index (χ3n) is 11.2. The Balaban J connectivity index is -0.00000465. The van der Waals surface area contributed by atoms with Crippen LogP contribution < -0.4 is 22.1 Å². The number of esters is 1. The lowest BCUT2D eigenvalue weighted by Gasteiger charge is -2.26. The van der Waals surface area contributed by atoms with E-state index in [1.165, 1.54) is 116 Å². The van der Waals surface area contributed by atoms with E-state index >= 15 is 0 Å². The third kappa shape index (κ3) is 40.9. The number of carbonyl (C=O) groups is 3. The first-order chi connectivity index (χ1) is 29.6. The largest absolute Gasteiger partial charge is 0.458 e. The number of rotatable bonds is 42. The van der Waals surface area contributed by atoms with Crippen LogP contribution in [0.25, 0.3) is 0 Å². The molecule has 19 heteroatoms. The number of alkyl carbamates (subject to hydrolysis) is 2. The first-order valence-electron chi connectivity index (χ1n) is 24.3. The zero-order valence-corrected chi connectivity index (χ0v) is 44.3. The molecule has 0 bridgehead atoms. The lowest BCUT2D eigenvalue weighted by atomic mass is 9.93. The summed E-state index contributed by atoms with van der Waals surface area (Å²) < 4.78 is 18.3. The highest BCUT2D eigenvalue weighted by atomic mass is 35.5. The second-order valence-electron chi connectivity index (χ2n) is 17.4. The van der Waals surface area contributed by atoms with Crippen LogP contribution in [-0.4, -0.2) is 123 Å². The number of hydrogen-bond donors (Lipinski definition) is 4. The number of nitrogens with one attached hydrogen (secondary N) is 2. The summed E-state index contributed by atoms with van der Waals surface area (Å²) in [6, 6.07) is 0. The minimum absolute atomic E-state index is 0. The Morgan fingerprint density at radius 2 is 0.954 bits per heavy atom. The molecule has 0 aliphatic heterocycles. The second kappa shape index (κ2) is 48.6. The summed E-state index contributed by atoms with van der Waals surface area (Å²) >= 11 is 0. The standard InChI is InChI=1S/C46H91N9O6.4ClH/c1-5-6-7-8-9-10-11-12-13-14-15-16-17-18-19-20-21-22-23-24-37-55-38-42(51-52-55)39-59-43(56)46(2,40-60-44(57)49-31-27-35-53(3)33-25-29-47)41-61-45(58)50-32-28-36-54(4)34-26-30-48;;;;/h38H,5-37,39-41,47-48H2,1-4H3,(H,49,57)(H,50,58);4*1H. The van der Waals surface area contributed by atoms with Gasteiger partial charge in [0.1, 0.15) is 30.9 Å². The number of amides is 2. The molecule has 388 valence electrons. The summed E-state index contributed by atoms with van der Waals surface area (Å²) in [4.78, 5) is 42.9. The molecule has 1 aromatic rings. The van der Waals surface area contributed by atoms with Gasteiger partial charge in [-0.3, -0.25) is 9.48 Å². The minimum atomic E-state index is -1.46. The fourth-order valence-corrected chi connectivity index (χ4v) is 7.09. The summed E-state index contributed by atoms with van der Waals surface area (Å²) in [6.45, 7) is 9.21.